The molecule has 2 aromatic carbocycles. The van der Waals surface area contributed by atoms with Gasteiger partial charge in [-0.25, -0.2) is 0 Å². The molecular formula is C24H29NO3. The molecule has 2 bridgehead atoms. The lowest BCUT2D eigenvalue weighted by molar-refractivity contribution is -0.134. The van der Waals surface area contributed by atoms with Crippen LogP contribution in [0.15, 0.2) is 54.6 Å². The Morgan fingerprint density at radius 3 is 2.32 bits per heavy atom. The van der Waals surface area contributed by atoms with Crippen molar-refractivity contribution < 1.29 is 14.3 Å². The summed E-state index contributed by atoms with van der Waals surface area (Å²) in [5.41, 5.74) is 0.556. The van der Waals surface area contributed by atoms with E-state index in [1.54, 1.807) is 0 Å². The monoisotopic (exact) mass is 379 g/mol. The maximum absolute atomic E-state index is 12.8. The molecule has 1 saturated heterocycles. The number of para-hydroxylation sites is 1. The minimum absolute atomic E-state index is 0.0892. The van der Waals surface area contributed by atoms with E-state index >= 15 is 0 Å². The zero-order valence-electron chi connectivity index (χ0n) is 17.0. The number of carbonyl (C=O) groups is 1. The van der Waals surface area contributed by atoms with Crippen LogP contribution >= 0.6 is 0 Å². The predicted molar refractivity (Wildman–Crippen MR) is 110 cm³/mol. The van der Waals surface area contributed by atoms with Crippen molar-refractivity contribution in [1.29, 1.82) is 0 Å². The zero-order valence-corrected chi connectivity index (χ0v) is 17.0. The number of rotatable bonds is 5. The van der Waals surface area contributed by atoms with E-state index in [0.29, 0.717) is 17.2 Å². The highest BCUT2D eigenvalue weighted by Gasteiger charge is 2.50. The van der Waals surface area contributed by atoms with Crippen LogP contribution in [0.1, 0.15) is 40.0 Å². The zero-order chi connectivity index (χ0) is 19.8. The maximum atomic E-state index is 12.8. The molecule has 4 nitrogen and oxygen atoms in total. The molecule has 1 aliphatic carbocycles. The van der Waals surface area contributed by atoms with E-state index in [9.17, 15) is 4.79 Å². The molecule has 28 heavy (non-hydrogen) atoms. The van der Waals surface area contributed by atoms with Crippen LogP contribution in [0.2, 0.25) is 0 Å². The summed E-state index contributed by atoms with van der Waals surface area (Å²) in [5.74, 6) is 2.31. The van der Waals surface area contributed by atoms with Crippen LogP contribution in [0.4, 0.5) is 0 Å². The van der Waals surface area contributed by atoms with Crippen molar-refractivity contribution in [1.82, 2.24) is 4.90 Å². The van der Waals surface area contributed by atoms with E-state index in [4.69, 9.17) is 9.47 Å². The van der Waals surface area contributed by atoms with E-state index in [2.05, 4.69) is 25.7 Å². The van der Waals surface area contributed by atoms with Crippen molar-refractivity contribution in [3.63, 3.8) is 0 Å². The Hall–Kier alpha value is -2.49. The summed E-state index contributed by atoms with van der Waals surface area (Å²) in [6.07, 6.45) is 3.39. The van der Waals surface area contributed by atoms with Gasteiger partial charge in [-0.05, 0) is 66.5 Å². The van der Waals surface area contributed by atoms with Crippen LogP contribution < -0.4 is 9.47 Å². The number of hydrogen-bond acceptors (Lipinski definition) is 3. The Morgan fingerprint density at radius 2 is 1.61 bits per heavy atom. The number of amides is 1. The Labute approximate surface area is 167 Å². The summed E-state index contributed by atoms with van der Waals surface area (Å²) < 4.78 is 11.6. The number of benzene rings is 2. The molecule has 0 N–H and O–H groups in total. The van der Waals surface area contributed by atoms with Crippen molar-refractivity contribution in [2.45, 2.75) is 46.1 Å². The Morgan fingerprint density at radius 1 is 0.964 bits per heavy atom. The molecule has 4 heteroatoms. The minimum Gasteiger partial charge on any atom is -0.484 e. The van der Waals surface area contributed by atoms with Gasteiger partial charge in [0.2, 0.25) is 0 Å². The van der Waals surface area contributed by atoms with Crippen LogP contribution in [0.25, 0.3) is 0 Å². The van der Waals surface area contributed by atoms with Gasteiger partial charge < -0.3 is 14.4 Å². The topological polar surface area (TPSA) is 38.8 Å². The normalized spacial score (nSPS) is 25.4. The van der Waals surface area contributed by atoms with E-state index < -0.39 is 0 Å². The molecule has 1 saturated carbocycles. The number of nitrogens with zero attached hydrogens (tertiary/aromatic N) is 1. The molecule has 1 amide bonds. The molecule has 2 atom stereocenters. The largest absolute Gasteiger partial charge is 0.484 e. The van der Waals surface area contributed by atoms with Gasteiger partial charge >= 0.3 is 0 Å². The standard InChI is InChI=1S/C24H29NO3/c1-23(2)13-18-14-24(3,16-23)17-25(18)22(26)15-27-19-9-11-21(12-10-19)28-20-7-5-4-6-8-20/h4-12,18H,13-17H2,1-3H3. The highest BCUT2D eigenvalue weighted by atomic mass is 16.5. The summed E-state index contributed by atoms with van der Waals surface area (Å²) >= 11 is 0. The highest BCUT2D eigenvalue weighted by molar-refractivity contribution is 5.78. The summed E-state index contributed by atoms with van der Waals surface area (Å²) in [6.45, 7) is 7.90. The Balaban J connectivity index is 1.33. The summed E-state index contributed by atoms with van der Waals surface area (Å²) in [7, 11) is 0. The fraction of sp³-hybridized carbons (Fsp3) is 0.458. The fourth-order valence-corrected chi connectivity index (χ4v) is 5.21. The maximum Gasteiger partial charge on any atom is 0.260 e. The van der Waals surface area contributed by atoms with Crippen LogP contribution in [-0.2, 0) is 4.79 Å². The second kappa shape index (κ2) is 7.16. The first-order valence-corrected chi connectivity index (χ1v) is 10.1. The average Bonchev–Trinajstić information content (AvgIpc) is 2.90. The smallest absolute Gasteiger partial charge is 0.260 e. The molecule has 0 radical (unpaired) electrons. The molecule has 2 aromatic rings. The average molecular weight is 380 g/mol. The second-order valence-corrected chi connectivity index (χ2v) is 9.41. The van der Waals surface area contributed by atoms with Gasteiger partial charge in [-0.1, -0.05) is 39.0 Å². The number of fused-ring (bicyclic) bond motifs is 2. The second-order valence-electron chi connectivity index (χ2n) is 9.41. The van der Waals surface area contributed by atoms with Crippen molar-refractivity contribution in [3.8, 4) is 17.2 Å². The molecule has 4 rings (SSSR count). The van der Waals surface area contributed by atoms with E-state index in [1.165, 1.54) is 6.42 Å². The predicted octanol–water partition coefficient (Wildman–Crippen LogP) is 5.28. The van der Waals surface area contributed by atoms with Gasteiger partial charge in [-0.15, -0.1) is 0 Å². The van der Waals surface area contributed by atoms with E-state index in [0.717, 1.165) is 30.9 Å². The van der Waals surface area contributed by atoms with Crippen molar-refractivity contribution in [3.05, 3.63) is 54.6 Å². The van der Waals surface area contributed by atoms with Crippen LogP contribution in [0.5, 0.6) is 17.2 Å². The molecule has 148 valence electrons. The summed E-state index contributed by atoms with van der Waals surface area (Å²) in [5, 5.41) is 0. The first-order valence-electron chi connectivity index (χ1n) is 10.1. The fourth-order valence-electron chi connectivity index (χ4n) is 5.21. The first kappa shape index (κ1) is 18.9. The third kappa shape index (κ3) is 4.16. The number of hydrogen-bond donors (Lipinski definition) is 0. The number of ether oxygens (including phenoxy) is 2. The van der Waals surface area contributed by atoms with E-state index in [1.807, 2.05) is 54.6 Å². The van der Waals surface area contributed by atoms with Gasteiger partial charge in [0.05, 0.1) is 0 Å². The molecular weight excluding hydrogens is 350 g/mol. The minimum atomic E-state index is 0.0892. The van der Waals surface area contributed by atoms with Gasteiger partial charge in [0, 0.05) is 12.6 Å². The Kier molecular flexibility index (Phi) is 4.82. The molecule has 1 heterocycles. The van der Waals surface area contributed by atoms with Gasteiger partial charge in [0.25, 0.3) is 5.91 Å². The third-order valence-electron chi connectivity index (χ3n) is 5.90. The first-order chi connectivity index (χ1) is 13.3. The number of likely N-dealkylation sites (tertiary alicyclic amines) is 1. The van der Waals surface area contributed by atoms with Crippen LogP contribution in [0.3, 0.4) is 0 Å². The van der Waals surface area contributed by atoms with Crippen molar-refractivity contribution >= 4 is 5.91 Å². The SMILES string of the molecule is CC1(C)CC2CC(C)(CN2C(=O)COc2ccc(Oc3ccccc3)cc2)C1. The highest BCUT2D eigenvalue weighted by Crippen LogP contribution is 2.52. The van der Waals surface area contributed by atoms with Crippen LogP contribution in [0, 0.1) is 10.8 Å². The summed E-state index contributed by atoms with van der Waals surface area (Å²) in [4.78, 5) is 14.9. The van der Waals surface area contributed by atoms with E-state index in [-0.39, 0.29) is 17.9 Å². The van der Waals surface area contributed by atoms with Gasteiger partial charge in [-0.2, -0.15) is 0 Å². The van der Waals surface area contributed by atoms with Crippen molar-refractivity contribution in [2.75, 3.05) is 13.2 Å². The molecule has 0 aromatic heterocycles. The Bertz CT molecular complexity index is 831. The number of carbonyl (C=O) groups excluding carboxylic acids is 1. The lowest BCUT2D eigenvalue weighted by Gasteiger charge is -2.39. The quantitative estimate of drug-likeness (QED) is 0.709. The van der Waals surface area contributed by atoms with Crippen LogP contribution in [-0.4, -0.2) is 30.0 Å². The molecule has 2 unspecified atom stereocenters. The lowest BCUT2D eigenvalue weighted by atomic mass is 9.65. The molecule has 2 fully saturated rings. The lowest BCUT2D eigenvalue weighted by Crippen LogP contribution is -2.40. The molecule has 1 aliphatic heterocycles. The van der Waals surface area contributed by atoms with Crippen molar-refractivity contribution in [2.24, 2.45) is 10.8 Å². The third-order valence-corrected chi connectivity index (χ3v) is 5.90. The van der Waals surface area contributed by atoms with Gasteiger partial charge in [-0.3, -0.25) is 4.79 Å². The molecule has 0 spiro atoms. The molecule has 2 aliphatic rings. The summed E-state index contributed by atoms with van der Waals surface area (Å²) in [6, 6.07) is 17.4. The van der Waals surface area contributed by atoms with Gasteiger partial charge in [0.1, 0.15) is 17.2 Å². The van der Waals surface area contributed by atoms with Gasteiger partial charge in [0.15, 0.2) is 6.61 Å².